The fourth-order valence-electron chi connectivity index (χ4n) is 2.61. The van der Waals surface area contributed by atoms with Crippen LogP contribution in [-0.2, 0) is 0 Å². The lowest BCUT2D eigenvalue weighted by Gasteiger charge is -2.06. The first-order valence-electron chi connectivity index (χ1n) is 8.16. The number of azo groups is 1. The lowest BCUT2D eigenvalue weighted by molar-refractivity contribution is 0.395. The molecule has 3 rings (SSSR count). The molecule has 0 aliphatic carbocycles. The second kappa shape index (κ2) is 6.93. The van der Waals surface area contributed by atoms with Gasteiger partial charge in [0.1, 0.15) is 22.8 Å². The summed E-state index contributed by atoms with van der Waals surface area (Å²) in [4.78, 5) is 4.69. The number of benzene rings is 1. The van der Waals surface area contributed by atoms with Gasteiger partial charge in [-0.3, -0.25) is 4.40 Å². The molecule has 0 aliphatic heterocycles. The highest BCUT2D eigenvalue weighted by Crippen LogP contribution is 2.34. The topological polar surface area (TPSA) is 60.5 Å². The van der Waals surface area contributed by atoms with Crippen LogP contribution >= 0.6 is 0 Å². The van der Waals surface area contributed by atoms with Crippen LogP contribution in [0.25, 0.3) is 5.65 Å². The minimum atomic E-state index is 0.243. The summed E-state index contributed by atoms with van der Waals surface area (Å²) < 4.78 is 12.6. The van der Waals surface area contributed by atoms with Crippen molar-refractivity contribution in [1.29, 1.82) is 0 Å². The number of pyridine rings is 1. The van der Waals surface area contributed by atoms with E-state index in [-0.39, 0.29) is 5.92 Å². The Hall–Kier alpha value is -2.89. The van der Waals surface area contributed by atoms with E-state index in [0.717, 1.165) is 22.7 Å². The van der Waals surface area contributed by atoms with Crippen molar-refractivity contribution in [3.8, 4) is 11.5 Å². The Morgan fingerprint density at radius 2 is 1.84 bits per heavy atom. The third-order valence-electron chi connectivity index (χ3n) is 3.95. The maximum absolute atomic E-state index is 5.39. The third kappa shape index (κ3) is 3.33. The van der Waals surface area contributed by atoms with E-state index >= 15 is 0 Å². The average Bonchev–Trinajstić information content (AvgIpc) is 2.97. The van der Waals surface area contributed by atoms with E-state index in [1.807, 2.05) is 41.8 Å². The van der Waals surface area contributed by atoms with Crippen molar-refractivity contribution in [1.82, 2.24) is 9.38 Å². The second-order valence-electron chi connectivity index (χ2n) is 6.15. The summed E-state index contributed by atoms with van der Waals surface area (Å²) >= 11 is 0. The number of aromatic nitrogens is 2. The molecule has 0 bridgehead atoms. The van der Waals surface area contributed by atoms with E-state index < -0.39 is 0 Å². The molecule has 3 aromatic rings. The van der Waals surface area contributed by atoms with Crippen molar-refractivity contribution < 1.29 is 9.47 Å². The Kier molecular flexibility index (Phi) is 4.70. The van der Waals surface area contributed by atoms with Gasteiger partial charge in [-0.25, -0.2) is 4.98 Å². The maximum Gasteiger partial charge on any atom is 0.183 e. The highest BCUT2D eigenvalue weighted by atomic mass is 16.5. The van der Waals surface area contributed by atoms with Crippen molar-refractivity contribution in [3.05, 3.63) is 47.8 Å². The Morgan fingerprint density at radius 1 is 1.04 bits per heavy atom. The van der Waals surface area contributed by atoms with Crippen molar-refractivity contribution in [3.63, 3.8) is 0 Å². The lowest BCUT2D eigenvalue weighted by Crippen LogP contribution is -1.89. The quantitative estimate of drug-likeness (QED) is 0.601. The number of fused-ring (bicyclic) bond motifs is 1. The van der Waals surface area contributed by atoms with Crippen molar-refractivity contribution in [2.24, 2.45) is 10.2 Å². The zero-order valence-corrected chi connectivity index (χ0v) is 15.1. The number of methoxy groups -OCH3 is 2. The number of aryl methyl sites for hydroxylation is 1. The van der Waals surface area contributed by atoms with E-state index in [0.29, 0.717) is 17.2 Å². The Labute approximate surface area is 147 Å². The molecule has 25 heavy (non-hydrogen) atoms. The van der Waals surface area contributed by atoms with Gasteiger partial charge in [-0.2, -0.15) is 0 Å². The Morgan fingerprint density at radius 3 is 2.52 bits per heavy atom. The molecule has 0 fully saturated rings. The van der Waals surface area contributed by atoms with Crippen LogP contribution in [0.1, 0.15) is 31.0 Å². The van der Waals surface area contributed by atoms with Crippen LogP contribution in [0.15, 0.2) is 46.8 Å². The highest BCUT2D eigenvalue weighted by molar-refractivity contribution is 5.57. The molecule has 130 valence electrons. The normalized spacial score (nSPS) is 11.6. The molecule has 6 heteroatoms. The molecule has 0 radical (unpaired) electrons. The van der Waals surface area contributed by atoms with Crippen LogP contribution in [0, 0.1) is 6.92 Å². The van der Waals surface area contributed by atoms with Crippen LogP contribution < -0.4 is 9.47 Å². The van der Waals surface area contributed by atoms with E-state index in [1.165, 1.54) is 0 Å². The monoisotopic (exact) mass is 338 g/mol. The van der Waals surface area contributed by atoms with Crippen LogP contribution in [0.4, 0.5) is 11.5 Å². The second-order valence-corrected chi connectivity index (χ2v) is 6.15. The zero-order chi connectivity index (χ0) is 18.0. The number of hydrogen-bond donors (Lipinski definition) is 0. The summed E-state index contributed by atoms with van der Waals surface area (Å²) in [7, 11) is 3.22. The summed E-state index contributed by atoms with van der Waals surface area (Å²) in [6.07, 6.45) is 2.02. The van der Waals surface area contributed by atoms with E-state index in [2.05, 4.69) is 24.1 Å². The predicted octanol–water partition coefficient (Wildman–Crippen LogP) is 5.20. The van der Waals surface area contributed by atoms with Gasteiger partial charge in [0.25, 0.3) is 0 Å². The first-order chi connectivity index (χ1) is 12.0. The van der Waals surface area contributed by atoms with E-state index in [9.17, 15) is 0 Å². The molecule has 0 N–H and O–H groups in total. The number of hydrogen-bond acceptors (Lipinski definition) is 5. The van der Waals surface area contributed by atoms with Gasteiger partial charge in [0.05, 0.1) is 19.9 Å². The van der Waals surface area contributed by atoms with Gasteiger partial charge < -0.3 is 9.47 Å². The predicted molar refractivity (Wildman–Crippen MR) is 97.7 cm³/mol. The van der Waals surface area contributed by atoms with Crippen LogP contribution in [0.2, 0.25) is 0 Å². The van der Waals surface area contributed by atoms with Crippen molar-refractivity contribution in [2.75, 3.05) is 14.2 Å². The fraction of sp³-hybridized carbons (Fsp3) is 0.316. The van der Waals surface area contributed by atoms with Crippen molar-refractivity contribution >= 4 is 17.2 Å². The van der Waals surface area contributed by atoms with E-state index in [4.69, 9.17) is 14.5 Å². The summed E-state index contributed by atoms with van der Waals surface area (Å²) in [5.74, 6) is 2.31. The van der Waals surface area contributed by atoms with Crippen molar-refractivity contribution in [2.45, 2.75) is 26.7 Å². The molecule has 0 unspecified atom stereocenters. The molecule has 0 aliphatic rings. The van der Waals surface area contributed by atoms with Crippen LogP contribution in [0.3, 0.4) is 0 Å². The molecule has 0 saturated carbocycles. The number of imidazole rings is 1. The number of ether oxygens (including phenoxy) is 2. The first-order valence-corrected chi connectivity index (χ1v) is 8.16. The Balaban J connectivity index is 2.09. The molecule has 2 aromatic heterocycles. The summed E-state index contributed by atoms with van der Waals surface area (Å²) in [6.45, 7) is 6.24. The number of rotatable bonds is 5. The molecule has 2 heterocycles. The molecule has 1 aromatic carbocycles. The smallest absolute Gasteiger partial charge is 0.183 e. The highest BCUT2D eigenvalue weighted by Gasteiger charge is 2.15. The molecule has 6 nitrogen and oxygen atoms in total. The van der Waals surface area contributed by atoms with Gasteiger partial charge in [0, 0.05) is 12.3 Å². The molecule has 0 atom stereocenters. The lowest BCUT2D eigenvalue weighted by atomic mass is 10.1. The Bertz CT molecular complexity index is 929. The largest absolute Gasteiger partial charge is 0.497 e. The molecular weight excluding hydrogens is 316 g/mol. The van der Waals surface area contributed by atoms with Gasteiger partial charge in [0.2, 0.25) is 0 Å². The standard InChI is InChI=1S/C19H22N4O2/c1-12(2)18-19(23-11-13(3)6-9-17(23)20-18)22-21-15-8-7-14(24-4)10-16(15)25-5/h6-12H,1-5H3. The third-order valence-corrected chi connectivity index (χ3v) is 3.95. The first kappa shape index (κ1) is 17.0. The minimum absolute atomic E-state index is 0.243. The van der Waals surface area contributed by atoms with Crippen LogP contribution in [0.5, 0.6) is 11.5 Å². The van der Waals surface area contributed by atoms with Gasteiger partial charge >= 0.3 is 0 Å². The summed E-state index contributed by atoms with van der Waals surface area (Å²) in [6, 6.07) is 9.48. The zero-order valence-electron chi connectivity index (χ0n) is 15.1. The summed E-state index contributed by atoms with van der Waals surface area (Å²) in [5, 5.41) is 8.90. The fourth-order valence-corrected chi connectivity index (χ4v) is 2.61. The molecule has 0 amide bonds. The minimum Gasteiger partial charge on any atom is -0.497 e. The molecule has 0 saturated heterocycles. The molecular formula is C19H22N4O2. The van der Waals surface area contributed by atoms with Crippen LogP contribution in [-0.4, -0.2) is 23.6 Å². The van der Waals surface area contributed by atoms with Gasteiger partial charge in [-0.15, -0.1) is 10.2 Å². The molecule has 0 spiro atoms. The van der Waals surface area contributed by atoms with Gasteiger partial charge in [-0.1, -0.05) is 19.9 Å². The van der Waals surface area contributed by atoms with Gasteiger partial charge in [-0.05, 0) is 36.6 Å². The average molecular weight is 338 g/mol. The SMILES string of the molecule is COc1ccc(N=Nc2c(C(C)C)nc3ccc(C)cn23)c(OC)c1. The number of nitrogens with zero attached hydrogens (tertiary/aromatic N) is 4. The maximum atomic E-state index is 5.39. The summed E-state index contributed by atoms with van der Waals surface area (Å²) in [5.41, 5.74) is 3.56. The van der Waals surface area contributed by atoms with Gasteiger partial charge in [0.15, 0.2) is 5.82 Å². The van der Waals surface area contributed by atoms with E-state index in [1.54, 1.807) is 20.3 Å².